The number of amides is 2. The van der Waals surface area contributed by atoms with Gasteiger partial charge in [-0.3, -0.25) is 9.59 Å². The molecule has 30 heavy (non-hydrogen) atoms. The molecule has 4 N–H and O–H groups in total. The molecule has 4 rings (SSSR count). The summed E-state index contributed by atoms with van der Waals surface area (Å²) in [6.45, 7) is 0.423. The molecule has 2 amide bonds. The average molecular weight is 437 g/mol. The van der Waals surface area contributed by atoms with E-state index >= 15 is 0 Å². The number of H-pyrrole nitrogens is 1. The summed E-state index contributed by atoms with van der Waals surface area (Å²) in [5.74, 6) is -0.441. The number of hydrogen-bond donors (Lipinski definition) is 4. The monoisotopic (exact) mass is 436 g/mol. The Labute approximate surface area is 182 Å². The third-order valence-corrected chi connectivity index (χ3v) is 5.87. The van der Waals surface area contributed by atoms with Crippen LogP contribution in [0.4, 0.5) is 11.4 Å². The first-order chi connectivity index (χ1) is 14.6. The number of thiophene rings is 1. The van der Waals surface area contributed by atoms with Crippen LogP contribution in [-0.2, 0) is 6.54 Å². The fraction of sp³-hybridized carbons (Fsp3) is 0.0909. The molecular formula is C22H20N4O2S2. The molecule has 0 spiro atoms. The van der Waals surface area contributed by atoms with E-state index in [0.29, 0.717) is 22.7 Å². The molecule has 8 heteroatoms. The molecule has 0 aliphatic rings. The van der Waals surface area contributed by atoms with E-state index in [1.54, 1.807) is 11.4 Å². The largest absolute Gasteiger partial charge is 0.361 e. The van der Waals surface area contributed by atoms with Gasteiger partial charge in [0.25, 0.3) is 11.8 Å². The molecule has 0 fully saturated rings. The van der Waals surface area contributed by atoms with Gasteiger partial charge in [0.2, 0.25) is 0 Å². The number of rotatable bonds is 7. The standard InChI is InChI=1S/C22H20N4O2S2/c1-29-26-18-4-2-3-17(11-18)25-22(28)20-10-16(13-30-20)21(27)24-12-14-5-6-19-15(9-14)7-8-23-19/h2-11,13,23,26H,12H2,1H3,(H,24,27)(H,25,28). The summed E-state index contributed by atoms with van der Waals surface area (Å²) in [6, 6.07) is 17.1. The van der Waals surface area contributed by atoms with Crippen LogP contribution < -0.4 is 15.4 Å². The summed E-state index contributed by atoms with van der Waals surface area (Å²) in [6.07, 6.45) is 3.82. The summed E-state index contributed by atoms with van der Waals surface area (Å²) in [4.78, 5) is 28.7. The minimum atomic E-state index is -0.238. The van der Waals surface area contributed by atoms with Gasteiger partial charge in [-0.15, -0.1) is 11.3 Å². The predicted octanol–water partition coefficient (Wildman–Crippen LogP) is 5.10. The highest BCUT2D eigenvalue weighted by molar-refractivity contribution is 7.99. The zero-order valence-corrected chi connectivity index (χ0v) is 17.8. The second kappa shape index (κ2) is 9.06. The van der Waals surface area contributed by atoms with E-state index in [9.17, 15) is 9.59 Å². The van der Waals surface area contributed by atoms with E-state index in [2.05, 4.69) is 20.3 Å². The lowest BCUT2D eigenvalue weighted by Crippen LogP contribution is -2.22. The Hall–Kier alpha value is -3.23. The van der Waals surface area contributed by atoms with Gasteiger partial charge in [-0.2, -0.15) is 0 Å². The van der Waals surface area contributed by atoms with Crippen LogP contribution in [0.1, 0.15) is 25.6 Å². The van der Waals surface area contributed by atoms with E-state index in [4.69, 9.17) is 0 Å². The number of carbonyl (C=O) groups is 2. The highest BCUT2D eigenvalue weighted by Crippen LogP contribution is 2.21. The van der Waals surface area contributed by atoms with Crippen LogP contribution in [0.2, 0.25) is 0 Å². The second-order valence-electron chi connectivity index (χ2n) is 6.62. The van der Waals surface area contributed by atoms with Gasteiger partial charge in [-0.25, -0.2) is 0 Å². The van der Waals surface area contributed by atoms with Crippen LogP contribution in [0.5, 0.6) is 0 Å². The Morgan fingerprint density at radius 3 is 2.77 bits per heavy atom. The van der Waals surface area contributed by atoms with Crippen molar-refractivity contribution < 1.29 is 9.59 Å². The number of benzene rings is 2. The molecule has 0 radical (unpaired) electrons. The molecule has 0 unspecified atom stereocenters. The summed E-state index contributed by atoms with van der Waals surface area (Å²) >= 11 is 2.73. The fourth-order valence-corrected chi connectivity index (χ4v) is 4.19. The highest BCUT2D eigenvalue weighted by atomic mass is 32.2. The first kappa shape index (κ1) is 20.1. The molecule has 0 saturated carbocycles. The number of hydrogen-bond acceptors (Lipinski definition) is 5. The first-order valence-electron chi connectivity index (χ1n) is 9.25. The van der Waals surface area contributed by atoms with Gasteiger partial charge in [-0.1, -0.05) is 24.1 Å². The Kier molecular flexibility index (Phi) is 6.06. The number of fused-ring (bicyclic) bond motifs is 1. The molecule has 2 aromatic carbocycles. The van der Waals surface area contributed by atoms with Gasteiger partial charge >= 0.3 is 0 Å². The molecule has 152 valence electrons. The van der Waals surface area contributed by atoms with Gasteiger partial charge in [0.1, 0.15) is 0 Å². The van der Waals surface area contributed by atoms with Gasteiger partial charge in [0, 0.05) is 41.3 Å². The predicted molar refractivity (Wildman–Crippen MR) is 125 cm³/mol. The third kappa shape index (κ3) is 4.67. The van der Waals surface area contributed by atoms with E-state index in [-0.39, 0.29) is 11.8 Å². The van der Waals surface area contributed by atoms with Gasteiger partial charge in [-0.05, 0) is 53.4 Å². The average Bonchev–Trinajstić information content (AvgIpc) is 3.42. The van der Waals surface area contributed by atoms with E-state index in [0.717, 1.165) is 22.2 Å². The lowest BCUT2D eigenvalue weighted by molar-refractivity contribution is 0.0951. The molecule has 2 aromatic heterocycles. The third-order valence-electron chi connectivity index (χ3n) is 4.50. The molecule has 0 saturated heterocycles. The SMILES string of the molecule is CSNc1cccc(NC(=O)c2cc(C(=O)NCc3ccc4[nH]ccc4c3)cs2)c1. The number of aromatic amines is 1. The van der Waals surface area contributed by atoms with Crippen molar-refractivity contribution in [2.45, 2.75) is 6.54 Å². The van der Waals surface area contributed by atoms with Crippen molar-refractivity contribution in [1.29, 1.82) is 0 Å². The Balaban J connectivity index is 1.37. The van der Waals surface area contributed by atoms with Gasteiger partial charge in [0.05, 0.1) is 10.4 Å². The van der Waals surface area contributed by atoms with Crippen molar-refractivity contribution in [3.8, 4) is 0 Å². The number of anilines is 2. The summed E-state index contributed by atoms with van der Waals surface area (Å²) in [5.41, 5.74) is 4.16. The minimum Gasteiger partial charge on any atom is -0.361 e. The van der Waals surface area contributed by atoms with Gasteiger partial charge in [0.15, 0.2) is 0 Å². The molecule has 0 aliphatic heterocycles. The van der Waals surface area contributed by atoms with E-state index < -0.39 is 0 Å². The lowest BCUT2D eigenvalue weighted by atomic mass is 10.1. The second-order valence-corrected chi connectivity index (χ2v) is 8.15. The molecule has 6 nitrogen and oxygen atoms in total. The number of aromatic nitrogens is 1. The molecule has 4 aromatic rings. The van der Waals surface area contributed by atoms with Crippen LogP contribution in [0.15, 0.2) is 66.2 Å². The lowest BCUT2D eigenvalue weighted by Gasteiger charge is -2.07. The van der Waals surface area contributed by atoms with E-state index in [1.807, 2.05) is 61.0 Å². The Bertz CT molecular complexity index is 1200. The van der Waals surface area contributed by atoms with Crippen LogP contribution >= 0.6 is 23.3 Å². The first-order valence-corrected chi connectivity index (χ1v) is 11.4. The Morgan fingerprint density at radius 2 is 1.90 bits per heavy atom. The van der Waals surface area contributed by atoms with E-state index in [1.165, 1.54) is 23.3 Å². The maximum atomic E-state index is 12.5. The van der Waals surface area contributed by atoms with Crippen LogP contribution in [0.25, 0.3) is 10.9 Å². The van der Waals surface area contributed by atoms with Crippen molar-refractivity contribution >= 4 is 57.4 Å². The molecule has 0 bridgehead atoms. The molecule has 0 atom stereocenters. The topological polar surface area (TPSA) is 86.0 Å². The normalized spacial score (nSPS) is 10.7. The molecule has 0 aliphatic carbocycles. The number of carbonyl (C=O) groups excluding carboxylic acids is 2. The van der Waals surface area contributed by atoms with Gasteiger partial charge < -0.3 is 20.3 Å². The zero-order valence-electron chi connectivity index (χ0n) is 16.2. The minimum absolute atomic E-state index is 0.203. The maximum Gasteiger partial charge on any atom is 0.265 e. The molecular weight excluding hydrogens is 416 g/mol. The smallest absolute Gasteiger partial charge is 0.265 e. The maximum absolute atomic E-state index is 12.5. The van der Waals surface area contributed by atoms with Crippen LogP contribution in [0.3, 0.4) is 0 Å². The van der Waals surface area contributed by atoms with Crippen molar-refractivity contribution in [2.24, 2.45) is 0 Å². The summed E-state index contributed by atoms with van der Waals surface area (Å²) in [7, 11) is 0. The van der Waals surface area contributed by atoms with Crippen molar-refractivity contribution in [2.75, 3.05) is 16.3 Å². The van der Waals surface area contributed by atoms with Crippen molar-refractivity contribution in [1.82, 2.24) is 10.3 Å². The fourth-order valence-electron chi connectivity index (χ4n) is 3.04. The van der Waals surface area contributed by atoms with Crippen molar-refractivity contribution in [3.63, 3.8) is 0 Å². The summed E-state index contributed by atoms with van der Waals surface area (Å²) in [5, 5.41) is 8.58. The Morgan fingerprint density at radius 1 is 1.03 bits per heavy atom. The highest BCUT2D eigenvalue weighted by Gasteiger charge is 2.14. The zero-order chi connectivity index (χ0) is 20.9. The summed E-state index contributed by atoms with van der Waals surface area (Å²) < 4.78 is 3.13. The number of nitrogens with one attached hydrogen (secondary N) is 4. The van der Waals surface area contributed by atoms with Crippen LogP contribution in [-0.4, -0.2) is 23.1 Å². The quantitative estimate of drug-likeness (QED) is 0.304. The van der Waals surface area contributed by atoms with Crippen LogP contribution in [0, 0.1) is 0 Å². The molecule has 2 heterocycles. The van der Waals surface area contributed by atoms with Crippen molar-refractivity contribution in [3.05, 3.63) is 82.2 Å².